The Morgan fingerprint density at radius 2 is 1.83 bits per heavy atom. The van der Waals surface area contributed by atoms with Crippen molar-refractivity contribution < 1.29 is 14.6 Å². The molecule has 4 nitrogen and oxygen atoms in total. The molecule has 0 bridgehead atoms. The summed E-state index contributed by atoms with van der Waals surface area (Å²) in [6.45, 7) is 2.59. The van der Waals surface area contributed by atoms with Gasteiger partial charge in [0.15, 0.2) is 0 Å². The van der Waals surface area contributed by atoms with Crippen LogP contribution in [-0.2, 0) is 11.2 Å². The Hall–Kier alpha value is -2.33. The highest BCUT2D eigenvalue weighted by Crippen LogP contribution is 2.17. The third-order valence-corrected chi connectivity index (χ3v) is 3.55. The van der Waals surface area contributed by atoms with Crippen molar-refractivity contribution in [3.8, 4) is 5.75 Å². The minimum Gasteiger partial charge on any atom is -0.494 e. The Morgan fingerprint density at radius 3 is 2.43 bits per heavy atom. The molecule has 2 N–H and O–H groups in total. The van der Waals surface area contributed by atoms with Gasteiger partial charge in [0.05, 0.1) is 19.1 Å². The van der Waals surface area contributed by atoms with E-state index in [0.29, 0.717) is 19.4 Å². The lowest BCUT2D eigenvalue weighted by atomic mass is 10.0. The van der Waals surface area contributed by atoms with E-state index in [1.54, 1.807) is 0 Å². The molecule has 0 saturated carbocycles. The zero-order valence-electron chi connectivity index (χ0n) is 13.4. The molecule has 0 aromatic heterocycles. The molecule has 23 heavy (non-hydrogen) atoms. The number of rotatable bonds is 8. The fourth-order valence-corrected chi connectivity index (χ4v) is 2.44. The zero-order chi connectivity index (χ0) is 16.5. The van der Waals surface area contributed by atoms with Crippen LogP contribution in [0.1, 0.15) is 30.5 Å². The second-order valence-corrected chi connectivity index (χ2v) is 5.30. The van der Waals surface area contributed by atoms with Crippen molar-refractivity contribution in [3.05, 3.63) is 65.7 Å². The Morgan fingerprint density at radius 1 is 1.13 bits per heavy atom. The van der Waals surface area contributed by atoms with Crippen LogP contribution in [0, 0.1) is 0 Å². The van der Waals surface area contributed by atoms with E-state index in [2.05, 4.69) is 5.32 Å². The SMILES string of the molecule is CCOc1ccc(CC(=O)NC(CCO)c2ccccc2)cc1. The third kappa shape index (κ3) is 5.42. The zero-order valence-corrected chi connectivity index (χ0v) is 13.4. The van der Waals surface area contributed by atoms with Crippen molar-refractivity contribution in [1.29, 1.82) is 0 Å². The normalized spacial score (nSPS) is 11.7. The highest BCUT2D eigenvalue weighted by atomic mass is 16.5. The number of aliphatic hydroxyl groups excluding tert-OH is 1. The fourth-order valence-electron chi connectivity index (χ4n) is 2.44. The number of hydrogen-bond donors (Lipinski definition) is 2. The van der Waals surface area contributed by atoms with Gasteiger partial charge in [-0.25, -0.2) is 0 Å². The van der Waals surface area contributed by atoms with Gasteiger partial charge < -0.3 is 15.2 Å². The summed E-state index contributed by atoms with van der Waals surface area (Å²) >= 11 is 0. The summed E-state index contributed by atoms with van der Waals surface area (Å²) in [5, 5.41) is 12.2. The number of carbonyl (C=O) groups is 1. The fraction of sp³-hybridized carbons (Fsp3) is 0.316. The molecule has 0 fully saturated rings. The van der Waals surface area contributed by atoms with E-state index >= 15 is 0 Å². The molecule has 2 rings (SSSR count). The molecule has 122 valence electrons. The van der Waals surface area contributed by atoms with Crippen molar-refractivity contribution in [2.24, 2.45) is 0 Å². The number of carbonyl (C=O) groups excluding carboxylic acids is 1. The van der Waals surface area contributed by atoms with Crippen molar-refractivity contribution in [3.63, 3.8) is 0 Å². The molecule has 1 amide bonds. The molecule has 1 atom stereocenters. The van der Waals surface area contributed by atoms with Gasteiger partial charge >= 0.3 is 0 Å². The lowest BCUT2D eigenvalue weighted by molar-refractivity contribution is -0.121. The molecule has 0 heterocycles. The lowest BCUT2D eigenvalue weighted by Crippen LogP contribution is -2.30. The number of benzene rings is 2. The topological polar surface area (TPSA) is 58.6 Å². The van der Waals surface area contributed by atoms with E-state index in [0.717, 1.165) is 16.9 Å². The third-order valence-electron chi connectivity index (χ3n) is 3.55. The number of nitrogens with one attached hydrogen (secondary N) is 1. The van der Waals surface area contributed by atoms with Crippen molar-refractivity contribution in [2.75, 3.05) is 13.2 Å². The molecule has 0 aliphatic carbocycles. The Balaban J connectivity index is 1.96. The van der Waals surface area contributed by atoms with Crippen molar-refractivity contribution in [1.82, 2.24) is 5.32 Å². The molecule has 0 radical (unpaired) electrons. The van der Waals surface area contributed by atoms with Gasteiger partial charge in [-0.05, 0) is 36.6 Å². The average molecular weight is 313 g/mol. The lowest BCUT2D eigenvalue weighted by Gasteiger charge is -2.18. The van der Waals surface area contributed by atoms with Gasteiger partial charge in [-0.1, -0.05) is 42.5 Å². The molecule has 0 aliphatic heterocycles. The second-order valence-electron chi connectivity index (χ2n) is 5.30. The van der Waals surface area contributed by atoms with Gasteiger partial charge in [0.1, 0.15) is 5.75 Å². The van der Waals surface area contributed by atoms with Crippen LogP contribution in [0.4, 0.5) is 0 Å². The van der Waals surface area contributed by atoms with Crippen LogP contribution in [0.2, 0.25) is 0 Å². The first-order chi connectivity index (χ1) is 11.2. The van der Waals surface area contributed by atoms with E-state index in [4.69, 9.17) is 4.74 Å². The van der Waals surface area contributed by atoms with E-state index in [1.165, 1.54) is 0 Å². The molecule has 0 saturated heterocycles. The van der Waals surface area contributed by atoms with Gasteiger partial charge in [0.2, 0.25) is 5.91 Å². The molecular formula is C19H23NO3. The Labute approximate surface area is 137 Å². The minimum absolute atomic E-state index is 0.0306. The monoisotopic (exact) mass is 313 g/mol. The summed E-state index contributed by atoms with van der Waals surface area (Å²) in [5.74, 6) is 0.746. The molecule has 4 heteroatoms. The number of ether oxygens (including phenoxy) is 1. The van der Waals surface area contributed by atoms with Crippen LogP contribution < -0.4 is 10.1 Å². The summed E-state index contributed by atoms with van der Waals surface area (Å²) in [6, 6.07) is 17.1. The van der Waals surface area contributed by atoms with Crippen LogP contribution in [0.5, 0.6) is 5.75 Å². The van der Waals surface area contributed by atoms with Gasteiger partial charge in [0, 0.05) is 6.61 Å². The van der Waals surface area contributed by atoms with Crippen LogP contribution in [0.3, 0.4) is 0 Å². The van der Waals surface area contributed by atoms with Gasteiger partial charge in [0.25, 0.3) is 0 Å². The summed E-state index contributed by atoms with van der Waals surface area (Å²) in [4.78, 5) is 12.3. The van der Waals surface area contributed by atoms with E-state index in [1.807, 2.05) is 61.5 Å². The first-order valence-corrected chi connectivity index (χ1v) is 7.90. The summed E-state index contributed by atoms with van der Waals surface area (Å²) in [5.41, 5.74) is 1.93. The van der Waals surface area contributed by atoms with Crippen LogP contribution >= 0.6 is 0 Å². The first kappa shape index (κ1) is 17.0. The van der Waals surface area contributed by atoms with Crippen molar-refractivity contribution >= 4 is 5.91 Å². The number of aliphatic hydroxyl groups is 1. The average Bonchev–Trinajstić information content (AvgIpc) is 2.57. The number of amides is 1. The summed E-state index contributed by atoms with van der Waals surface area (Å²) in [7, 11) is 0. The maximum absolute atomic E-state index is 12.3. The number of hydrogen-bond acceptors (Lipinski definition) is 3. The van der Waals surface area contributed by atoms with Gasteiger partial charge in [-0.3, -0.25) is 4.79 Å². The summed E-state index contributed by atoms with van der Waals surface area (Å²) < 4.78 is 5.39. The maximum Gasteiger partial charge on any atom is 0.224 e. The van der Waals surface area contributed by atoms with Gasteiger partial charge in [-0.15, -0.1) is 0 Å². The van der Waals surface area contributed by atoms with E-state index in [-0.39, 0.29) is 18.6 Å². The van der Waals surface area contributed by atoms with Crippen LogP contribution in [0.25, 0.3) is 0 Å². The van der Waals surface area contributed by atoms with Gasteiger partial charge in [-0.2, -0.15) is 0 Å². The Kier molecular flexibility index (Phi) is 6.63. The molecule has 1 unspecified atom stereocenters. The van der Waals surface area contributed by atoms with Crippen molar-refractivity contribution in [2.45, 2.75) is 25.8 Å². The van der Waals surface area contributed by atoms with E-state index < -0.39 is 0 Å². The smallest absolute Gasteiger partial charge is 0.224 e. The van der Waals surface area contributed by atoms with E-state index in [9.17, 15) is 9.90 Å². The molecule has 0 aliphatic rings. The largest absolute Gasteiger partial charge is 0.494 e. The Bertz CT molecular complexity index is 596. The molecule has 2 aromatic carbocycles. The highest BCUT2D eigenvalue weighted by molar-refractivity contribution is 5.79. The van der Waals surface area contributed by atoms with Crippen LogP contribution in [0.15, 0.2) is 54.6 Å². The van der Waals surface area contributed by atoms with Crippen LogP contribution in [-0.4, -0.2) is 24.2 Å². The predicted molar refractivity (Wildman–Crippen MR) is 90.3 cm³/mol. The molecule has 2 aromatic rings. The second kappa shape index (κ2) is 8.96. The first-order valence-electron chi connectivity index (χ1n) is 7.90. The predicted octanol–water partition coefficient (Wildman–Crippen LogP) is 2.87. The maximum atomic E-state index is 12.3. The molecule has 0 spiro atoms. The standard InChI is InChI=1S/C19H23NO3/c1-2-23-17-10-8-15(9-11-17)14-19(22)20-18(12-13-21)16-6-4-3-5-7-16/h3-11,18,21H,2,12-14H2,1H3,(H,20,22). The minimum atomic E-state index is -0.170. The summed E-state index contributed by atoms with van der Waals surface area (Å²) in [6.07, 6.45) is 0.806. The highest BCUT2D eigenvalue weighted by Gasteiger charge is 2.14. The molecular weight excluding hydrogens is 290 g/mol. The quantitative estimate of drug-likeness (QED) is 0.788.